The second-order valence-corrected chi connectivity index (χ2v) is 4.07. The molecule has 0 saturated heterocycles. The number of amides is 2. The Bertz CT molecular complexity index is 346. The molecule has 1 aromatic carbocycles. The first-order chi connectivity index (χ1) is 7.65. The quantitative estimate of drug-likeness (QED) is 0.777. The first kappa shape index (κ1) is 12.8. The summed E-state index contributed by atoms with van der Waals surface area (Å²) < 4.78 is 0. The van der Waals surface area contributed by atoms with Crippen LogP contribution in [-0.4, -0.2) is 12.6 Å². The van der Waals surface area contributed by atoms with Crippen molar-refractivity contribution in [2.24, 2.45) is 0 Å². The van der Waals surface area contributed by atoms with Crippen molar-refractivity contribution in [3.8, 4) is 0 Å². The molecular formula is C12H17ClN2O. The first-order valence-electron chi connectivity index (χ1n) is 5.45. The van der Waals surface area contributed by atoms with Crippen LogP contribution in [0.15, 0.2) is 18.2 Å². The van der Waals surface area contributed by atoms with E-state index < -0.39 is 0 Å². The number of hydrogen-bond donors (Lipinski definition) is 2. The van der Waals surface area contributed by atoms with Crippen LogP contribution < -0.4 is 10.6 Å². The number of unbranched alkanes of at least 4 members (excludes halogenated alkanes) is 1. The van der Waals surface area contributed by atoms with Crippen molar-refractivity contribution < 1.29 is 4.79 Å². The molecule has 0 saturated carbocycles. The Hall–Kier alpha value is -1.22. The van der Waals surface area contributed by atoms with E-state index in [0.29, 0.717) is 17.3 Å². The lowest BCUT2D eigenvalue weighted by atomic mass is 10.2. The summed E-state index contributed by atoms with van der Waals surface area (Å²) >= 11 is 5.99. The molecular weight excluding hydrogens is 224 g/mol. The van der Waals surface area contributed by atoms with E-state index in [1.807, 2.05) is 19.1 Å². The predicted octanol–water partition coefficient (Wildman–Crippen LogP) is 3.57. The van der Waals surface area contributed by atoms with Gasteiger partial charge < -0.3 is 10.6 Å². The van der Waals surface area contributed by atoms with E-state index in [1.54, 1.807) is 6.07 Å². The van der Waals surface area contributed by atoms with Crippen LogP contribution in [0, 0.1) is 6.92 Å². The molecule has 0 radical (unpaired) electrons. The van der Waals surface area contributed by atoms with Crippen LogP contribution in [0.5, 0.6) is 0 Å². The van der Waals surface area contributed by atoms with E-state index in [2.05, 4.69) is 17.6 Å². The average molecular weight is 241 g/mol. The summed E-state index contributed by atoms with van der Waals surface area (Å²) in [5, 5.41) is 6.09. The van der Waals surface area contributed by atoms with Crippen LogP contribution in [0.3, 0.4) is 0 Å². The maximum Gasteiger partial charge on any atom is 0.319 e. The SMILES string of the molecule is CCCCNC(=O)Nc1c(C)cccc1Cl. The van der Waals surface area contributed by atoms with Crippen molar-refractivity contribution >= 4 is 23.3 Å². The van der Waals surface area contributed by atoms with Gasteiger partial charge in [-0.3, -0.25) is 0 Å². The Morgan fingerprint density at radius 1 is 1.44 bits per heavy atom. The van der Waals surface area contributed by atoms with Gasteiger partial charge in [0.15, 0.2) is 0 Å². The molecule has 2 amide bonds. The van der Waals surface area contributed by atoms with Crippen LogP contribution in [0.25, 0.3) is 0 Å². The van der Waals surface area contributed by atoms with Crippen LogP contribution >= 0.6 is 11.6 Å². The van der Waals surface area contributed by atoms with Gasteiger partial charge in [-0.25, -0.2) is 4.79 Å². The number of carbonyl (C=O) groups is 1. The molecule has 0 aromatic heterocycles. The van der Waals surface area contributed by atoms with Crippen molar-refractivity contribution in [3.63, 3.8) is 0 Å². The van der Waals surface area contributed by atoms with Gasteiger partial charge in [-0.05, 0) is 25.0 Å². The summed E-state index contributed by atoms with van der Waals surface area (Å²) in [6.45, 7) is 4.68. The van der Waals surface area contributed by atoms with E-state index in [0.717, 1.165) is 18.4 Å². The molecule has 0 fully saturated rings. The molecule has 0 spiro atoms. The molecule has 88 valence electrons. The van der Waals surface area contributed by atoms with Gasteiger partial charge in [0.25, 0.3) is 0 Å². The zero-order chi connectivity index (χ0) is 12.0. The third-order valence-electron chi connectivity index (χ3n) is 2.28. The molecule has 0 bridgehead atoms. The van der Waals surface area contributed by atoms with Gasteiger partial charge in [0.05, 0.1) is 10.7 Å². The fraction of sp³-hybridized carbons (Fsp3) is 0.417. The molecule has 1 aromatic rings. The Morgan fingerprint density at radius 2 is 2.19 bits per heavy atom. The Morgan fingerprint density at radius 3 is 2.81 bits per heavy atom. The van der Waals surface area contributed by atoms with E-state index in [-0.39, 0.29) is 6.03 Å². The second kappa shape index (κ2) is 6.38. The van der Waals surface area contributed by atoms with E-state index in [4.69, 9.17) is 11.6 Å². The van der Waals surface area contributed by atoms with Gasteiger partial charge in [0, 0.05) is 6.54 Å². The number of benzene rings is 1. The summed E-state index contributed by atoms with van der Waals surface area (Å²) in [5.41, 5.74) is 1.64. The monoisotopic (exact) mass is 240 g/mol. The number of halogens is 1. The lowest BCUT2D eigenvalue weighted by molar-refractivity contribution is 0.252. The fourth-order valence-corrected chi connectivity index (χ4v) is 1.60. The highest BCUT2D eigenvalue weighted by Crippen LogP contribution is 2.24. The number of carbonyl (C=O) groups excluding carboxylic acids is 1. The predicted molar refractivity (Wildman–Crippen MR) is 68.1 cm³/mol. The number of para-hydroxylation sites is 1. The number of nitrogens with one attached hydrogen (secondary N) is 2. The highest BCUT2D eigenvalue weighted by molar-refractivity contribution is 6.33. The molecule has 0 heterocycles. The Kier molecular flexibility index (Phi) is 5.12. The molecule has 0 aliphatic carbocycles. The van der Waals surface area contributed by atoms with Gasteiger partial charge in [-0.15, -0.1) is 0 Å². The number of anilines is 1. The van der Waals surface area contributed by atoms with Crippen LogP contribution in [0.2, 0.25) is 5.02 Å². The molecule has 0 aliphatic heterocycles. The molecule has 16 heavy (non-hydrogen) atoms. The normalized spacial score (nSPS) is 9.94. The molecule has 1 rings (SSSR count). The topological polar surface area (TPSA) is 41.1 Å². The van der Waals surface area contributed by atoms with E-state index in [1.165, 1.54) is 0 Å². The minimum Gasteiger partial charge on any atom is -0.338 e. The molecule has 4 heteroatoms. The van der Waals surface area contributed by atoms with Crippen LogP contribution in [0.4, 0.5) is 10.5 Å². The van der Waals surface area contributed by atoms with Gasteiger partial charge in [0.1, 0.15) is 0 Å². The van der Waals surface area contributed by atoms with Gasteiger partial charge in [-0.1, -0.05) is 37.1 Å². The smallest absolute Gasteiger partial charge is 0.319 e. The van der Waals surface area contributed by atoms with Crippen molar-refractivity contribution in [2.45, 2.75) is 26.7 Å². The summed E-state index contributed by atoms with van der Waals surface area (Å²) in [6, 6.07) is 5.33. The van der Waals surface area contributed by atoms with E-state index >= 15 is 0 Å². The van der Waals surface area contributed by atoms with Crippen molar-refractivity contribution in [1.29, 1.82) is 0 Å². The average Bonchev–Trinajstić information content (AvgIpc) is 2.24. The third-order valence-corrected chi connectivity index (χ3v) is 2.59. The third kappa shape index (κ3) is 3.74. The molecule has 0 atom stereocenters. The minimum absolute atomic E-state index is 0.204. The maximum absolute atomic E-state index is 11.5. The highest BCUT2D eigenvalue weighted by atomic mass is 35.5. The summed E-state index contributed by atoms with van der Waals surface area (Å²) in [6.07, 6.45) is 2.04. The number of aryl methyl sites for hydroxylation is 1. The number of urea groups is 1. The zero-order valence-corrected chi connectivity index (χ0v) is 10.4. The van der Waals surface area contributed by atoms with Crippen molar-refractivity contribution in [2.75, 3.05) is 11.9 Å². The first-order valence-corrected chi connectivity index (χ1v) is 5.83. The lowest BCUT2D eigenvalue weighted by Crippen LogP contribution is -2.29. The van der Waals surface area contributed by atoms with Gasteiger partial charge in [0.2, 0.25) is 0 Å². The number of rotatable bonds is 4. The minimum atomic E-state index is -0.204. The maximum atomic E-state index is 11.5. The van der Waals surface area contributed by atoms with Gasteiger partial charge in [-0.2, -0.15) is 0 Å². The highest BCUT2D eigenvalue weighted by Gasteiger charge is 2.06. The largest absolute Gasteiger partial charge is 0.338 e. The Balaban J connectivity index is 2.56. The summed E-state index contributed by atoms with van der Waals surface area (Å²) in [5.74, 6) is 0. The summed E-state index contributed by atoms with van der Waals surface area (Å²) in [4.78, 5) is 11.5. The molecule has 0 aliphatic rings. The molecule has 0 unspecified atom stereocenters. The Labute approximate surface area is 101 Å². The molecule has 2 N–H and O–H groups in total. The van der Waals surface area contributed by atoms with Crippen molar-refractivity contribution in [3.05, 3.63) is 28.8 Å². The number of hydrogen-bond acceptors (Lipinski definition) is 1. The van der Waals surface area contributed by atoms with Gasteiger partial charge >= 0.3 is 6.03 Å². The van der Waals surface area contributed by atoms with E-state index in [9.17, 15) is 4.79 Å². The van der Waals surface area contributed by atoms with Crippen molar-refractivity contribution in [1.82, 2.24) is 5.32 Å². The second-order valence-electron chi connectivity index (χ2n) is 3.67. The fourth-order valence-electron chi connectivity index (χ4n) is 1.33. The van der Waals surface area contributed by atoms with Crippen LogP contribution in [0.1, 0.15) is 25.3 Å². The molecule has 3 nitrogen and oxygen atoms in total. The zero-order valence-electron chi connectivity index (χ0n) is 9.64. The standard InChI is InChI=1S/C12H17ClN2O/c1-3-4-8-14-12(16)15-11-9(2)6-5-7-10(11)13/h5-7H,3-4,8H2,1-2H3,(H2,14,15,16). The lowest BCUT2D eigenvalue weighted by Gasteiger charge is -2.10. The van der Waals surface area contributed by atoms with Crippen LogP contribution in [-0.2, 0) is 0 Å². The summed E-state index contributed by atoms with van der Waals surface area (Å²) in [7, 11) is 0.